The number of hydrogen-bond donors (Lipinski definition) is 2. The topological polar surface area (TPSA) is 94.6 Å². The van der Waals surface area contributed by atoms with Crippen LogP contribution < -0.4 is 16.6 Å². The number of nitrogen functional groups attached to an aromatic ring is 1. The molecule has 0 spiro atoms. The van der Waals surface area contributed by atoms with Crippen LogP contribution >= 0.6 is 11.6 Å². The lowest BCUT2D eigenvalue weighted by atomic mass is 10.2. The Bertz CT molecular complexity index is 1080. The van der Waals surface area contributed by atoms with Gasteiger partial charge in [0.15, 0.2) is 5.65 Å². The molecule has 0 aliphatic heterocycles. The van der Waals surface area contributed by atoms with E-state index < -0.39 is 0 Å². The van der Waals surface area contributed by atoms with Gasteiger partial charge in [-0.25, -0.2) is 14.3 Å². The summed E-state index contributed by atoms with van der Waals surface area (Å²) in [6.07, 6.45) is 2.26. The van der Waals surface area contributed by atoms with Gasteiger partial charge < -0.3 is 15.6 Å². The Kier molecular flexibility index (Phi) is 4.82. The molecule has 0 saturated carbocycles. The van der Waals surface area contributed by atoms with E-state index in [2.05, 4.69) is 20.2 Å². The van der Waals surface area contributed by atoms with Crippen molar-refractivity contribution in [3.8, 4) is 0 Å². The third-order valence-corrected chi connectivity index (χ3v) is 4.56. The van der Waals surface area contributed by atoms with Gasteiger partial charge >= 0.3 is 0 Å². The summed E-state index contributed by atoms with van der Waals surface area (Å²) in [6.45, 7) is 12.1. The van der Waals surface area contributed by atoms with Crippen LogP contribution in [0.3, 0.4) is 0 Å². The van der Waals surface area contributed by atoms with Crippen LogP contribution in [0.1, 0.15) is 18.2 Å². The minimum atomic E-state index is -0.0143. The van der Waals surface area contributed by atoms with Crippen LogP contribution in [-0.2, 0) is 13.0 Å². The second-order valence-electron chi connectivity index (χ2n) is 5.74. The van der Waals surface area contributed by atoms with E-state index in [-0.39, 0.29) is 17.1 Å². The van der Waals surface area contributed by atoms with Gasteiger partial charge in [-0.2, -0.15) is 5.10 Å². The van der Waals surface area contributed by atoms with E-state index in [9.17, 15) is 4.79 Å². The van der Waals surface area contributed by atoms with Crippen molar-refractivity contribution in [1.29, 1.82) is 0 Å². The van der Waals surface area contributed by atoms with Crippen molar-refractivity contribution in [2.45, 2.75) is 26.8 Å². The van der Waals surface area contributed by atoms with Gasteiger partial charge in [0.2, 0.25) is 0 Å². The first-order chi connectivity index (χ1) is 12.5. The van der Waals surface area contributed by atoms with Crippen LogP contribution in [0.2, 0.25) is 5.02 Å². The van der Waals surface area contributed by atoms with E-state index in [1.165, 1.54) is 4.52 Å². The van der Waals surface area contributed by atoms with Crippen molar-refractivity contribution in [3.05, 3.63) is 56.4 Å². The van der Waals surface area contributed by atoms with Gasteiger partial charge in [-0.05, 0) is 26.3 Å². The fraction of sp³-hybridized carbons (Fsp3) is 0.294. The molecule has 3 N–H and O–H groups in total. The summed E-state index contributed by atoms with van der Waals surface area (Å²) in [5, 5.41) is 7.69. The molecule has 8 nitrogen and oxygen atoms in total. The molecular weight excluding hydrogens is 354 g/mol. The molecule has 0 aromatic carbocycles. The van der Waals surface area contributed by atoms with Gasteiger partial charge in [0.05, 0.1) is 12.3 Å². The molecule has 3 aromatic rings. The van der Waals surface area contributed by atoms with Crippen molar-refractivity contribution in [1.82, 2.24) is 19.2 Å². The number of nitrogens with one attached hydrogen (secondary N) is 1. The summed E-state index contributed by atoms with van der Waals surface area (Å²) in [6, 6.07) is 3.65. The van der Waals surface area contributed by atoms with Gasteiger partial charge in [-0.15, -0.1) is 0 Å². The third-order valence-electron chi connectivity index (χ3n) is 4.12. The summed E-state index contributed by atoms with van der Waals surface area (Å²) >= 11 is 6.21. The fourth-order valence-corrected chi connectivity index (χ4v) is 2.88. The zero-order chi connectivity index (χ0) is 18.8. The summed E-state index contributed by atoms with van der Waals surface area (Å²) in [5.41, 5.74) is 7.89. The Balaban J connectivity index is 1.89. The number of hydrogen-bond acceptors (Lipinski definition) is 5. The van der Waals surface area contributed by atoms with Crippen molar-refractivity contribution >= 4 is 34.6 Å². The Morgan fingerprint density at radius 1 is 1.46 bits per heavy atom. The molecule has 26 heavy (non-hydrogen) atoms. The van der Waals surface area contributed by atoms with Gasteiger partial charge in [-0.1, -0.05) is 17.7 Å². The second-order valence-corrected chi connectivity index (χ2v) is 6.12. The number of aryl methyl sites for hydroxylation is 2. The van der Waals surface area contributed by atoms with Gasteiger partial charge in [0.25, 0.3) is 11.2 Å². The number of aromatic nitrogens is 4. The first-order valence-electron chi connectivity index (χ1n) is 8.11. The number of halogens is 1. The molecule has 3 aromatic heterocycles. The van der Waals surface area contributed by atoms with Gasteiger partial charge in [-0.3, -0.25) is 4.79 Å². The molecule has 134 valence electrons. The SMILES string of the molecule is [C-]#[N+]c1c(NCCc2cccn(CC)c2=O)nc2c(Cl)c(C)nn2c1N. The normalized spacial score (nSPS) is 10.8. The summed E-state index contributed by atoms with van der Waals surface area (Å²) in [4.78, 5) is 20.1. The van der Waals surface area contributed by atoms with Crippen LogP contribution in [0.25, 0.3) is 10.5 Å². The highest BCUT2D eigenvalue weighted by molar-refractivity contribution is 6.34. The van der Waals surface area contributed by atoms with E-state index in [4.69, 9.17) is 23.9 Å². The molecule has 0 saturated heterocycles. The van der Waals surface area contributed by atoms with E-state index >= 15 is 0 Å². The maximum absolute atomic E-state index is 12.3. The molecule has 9 heteroatoms. The maximum Gasteiger partial charge on any atom is 0.268 e. The number of nitrogens with two attached hydrogens (primary N) is 1. The number of fused-ring (bicyclic) bond motifs is 1. The van der Waals surface area contributed by atoms with Crippen molar-refractivity contribution in [2.24, 2.45) is 0 Å². The van der Waals surface area contributed by atoms with Crippen molar-refractivity contribution in [2.75, 3.05) is 17.6 Å². The molecular formula is C17H18ClN7O. The quantitative estimate of drug-likeness (QED) is 0.672. The molecule has 0 atom stereocenters. The third kappa shape index (κ3) is 2.97. The molecule has 0 amide bonds. The highest BCUT2D eigenvalue weighted by atomic mass is 35.5. The molecule has 3 heterocycles. The largest absolute Gasteiger partial charge is 0.392 e. The molecule has 0 radical (unpaired) electrons. The Hall–Kier alpha value is -3.05. The zero-order valence-electron chi connectivity index (χ0n) is 14.5. The molecule has 3 rings (SSSR count). The molecule has 0 unspecified atom stereocenters. The number of rotatable bonds is 5. The monoisotopic (exact) mass is 371 g/mol. The van der Waals surface area contributed by atoms with Crippen LogP contribution in [0, 0.1) is 13.5 Å². The predicted molar refractivity (Wildman–Crippen MR) is 102 cm³/mol. The molecule has 0 aliphatic rings. The van der Waals surface area contributed by atoms with E-state index in [1.54, 1.807) is 23.8 Å². The smallest absolute Gasteiger partial charge is 0.268 e. The van der Waals surface area contributed by atoms with Gasteiger partial charge in [0.1, 0.15) is 16.7 Å². The lowest BCUT2D eigenvalue weighted by molar-refractivity contribution is 0.714. The Labute approximate surface area is 155 Å². The highest BCUT2D eigenvalue weighted by Crippen LogP contribution is 2.33. The summed E-state index contributed by atoms with van der Waals surface area (Å²) in [5.74, 6) is 0.508. The first kappa shape index (κ1) is 17.8. The summed E-state index contributed by atoms with van der Waals surface area (Å²) < 4.78 is 3.02. The first-order valence-corrected chi connectivity index (χ1v) is 8.49. The van der Waals surface area contributed by atoms with Crippen LogP contribution in [-0.4, -0.2) is 25.7 Å². The standard InChI is InChI=1S/C17H18ClN7O/c1-4-24-9-5-6-11(17(24)26)7-8-21-15-13(20-3)14(19)25-16(22-15)12(18)10(2)23-25/h5-6,9H,4,7-8,19H2,1-2H3,(H,21,22). The fourth-order valence-electron chi connectivity index (χ4n) is 2.72. The van der Waals surface area contributed by atoms with Crippen molar-refractivity contribution in [3.63, 3.8) is 0 Å². The lowest BCUT2D eigenvalue weighted by Gasteiger charge is -2.11. The van der Waals surface area contributed by atoms with E-state index in [1.807, 2.05) is 13.0 Å². The zero-order valence-corrected chi connectivity index (χ0v) is 15.2. The van der Waals surface area contributed by atoms with Crippen LogP contribution in [0.4, 0.5) is 17.3 Å². The second kappa shape index (κ2) is 7.06. The van der Waals surface area contributed by atoms with E-state index in [0.29, 0.717) is 47.3 Å². The molecule has 0 bridgehead atoms. The minimum Gasteiger partial charge on any atom is -0.392 e. The predicted octanol–water partition coefficient (Wildman–Crippen LogP) is 2.66. The number of anilines is 2. The average molecular weight is 372 g/mol. The van der Waals surface area contributed by atoms with E-state index in [0.717, 1.165) is 0 Å². The highest BCUT2D eigenvalue weighted by Gasteiger charge is 2.18. The molecule has 0 fully saturated rings. The maximum atomic E-state index is 12.3. The molecule has 0 aliphatic carbocycles. The minimum absolute atomic E-state index is 0.0143. The Morgan fingerprint density at radius 3 is 2.92 bits per heavy atom. The van der Waals surface area contributed by atoms with Crippen molar-refractivity contribution < 1.29 is 0 Å². The van der Waals surface area contributed by atoms with Crippen LogP contribution in [0.5, 0.6) is 0 Å². The Morgan fingerprint density at radius 2 is 2.23 bits per heavy atom. The average Bonchev–Trinajstić information content (AvgIpc) is 2.92. The summed E-state index contributed by atoms with van der Waals surface area (Å²) in [7, 11) is 0. The number of nitrogens with zero attached hydrogens (tertiary/aromatic N) is 5. The van der Waals surface area contributed by atoms with Crippen LogP contribution in [0.15, 0.2) is 23.1 Å². The number of pyridine rings is 1. The van der Waals surface area contributed by atoms with Gasteiger partial charge in [0, 0.05) is 24.8 Å². The lowest BCUT2D eigenvalue weighted by Crippen LogP contribution is -2.23.